The second-order valence-corrected chi connectivity index (χ2v) is 6.54. The molecule has 22 heavy (non-hydrogen) atoms. The van der Waals surface area contributed by atoms with Gasteiger partial charge in [-0.25, -0.2) is 0 Å². The second kappa shape index (κ2) is 5.47. The van der Waals surface area contributed by atoms with Crippen LogP contribution in [-0.4, -0.2) is 62.8 Å². The van der Waals surface area contributed by atoms with Crippen molar-refractivity contribution in [1.29, 1.82) is 0 Å². The van der Waals surface area contributed by atoms with Gasteiger partial charge in [-0.3, -0.25) is 9.59 Å². The lowest BCUT2D eigenvalue weighted by molar-refractivity contribution is -0.165. The minimum Gasteiger partial charge on any atom is -0.463 e. The molecular weight excluding hydrogens is 292 g/mol. The van der Waals surface area contributed by atoms with Gasteiger partial charge in [-0.15, -0.1) is 0 Å². The van der Waals surface area contributed by atoms with Crippen molar-refractivity contribution in [2.75, 3.05) is 26.4 Å². The molecule has 0 N–H and O–H groups in total. The van der Waals surface area contributed by atoms with Gasteiger partial charge in [0.05, 0.1) is 37.3 Å². The summed E-state index contributed by atoms with van der Waals surface area (Å²) in [6, 6.07) is 0. The molecule has 3 saturated heterocycles. The van der Waals surface area contributed by atoms with E-state index in [-0.39, 0.29) is 55.5 Å². The zero-order valence-corrected chi connectivity index (χ0v) is 12.4. The maximum Gasteiger partial charge on any atom is 0.310 e. The normalized spacial score (nSPS) is 44.7. The summed E-state index contributed by atoms with van der Waals surface area (Å²) in [4.78, 5) is 24.7. The molecule has 7 heteroatoms. The van der Waals surface area contributed by atoms with Crippen LogP contribution in [0.3, 0.4) is 0 Å². The number of hydrogen-bond acceptors (Lipinski definition) is 7. The molecule has 3 heterocycles. The van der Waals surface area contributed by atoms with E-state index in [2.05, 4.69) is 0 Å². The summed E-state index contributed by atoms with van der Waals surface area (Å²) >= 11 is 0. The molecule has 4 aliphatic rings. The Labute approximate surface area is 128 Å². The Morgan fingerprint density at radius 2 is 1.64 bits per heavy atom. The van der Waals surface area contributed by atoms with Gasteiger partial charge in [0, 0.05) is 0 Å². The topological polar surface area (TPSA) is 90.2 Å². The van der Waals surface area contributed by atoms with Gasteiger partial charge in [0.2, 0.25) is 0 Å². The van der Waals surface area contributed by atoms with Crippen molar-refractivity contribution in [2.45, 2.75) is 37.8 Å². The molecular formula is C15H20O7. The molecule has 3 aliphatic heterocycles. The summed E-state index contributed by atoms with van der Waals surface area (Å²) in [6.07, 6.45) is 0.697. The van der Waals surface area contributed by atoms with Gasteiger partial charge in [0.1, 0.15) is 25.4 Å². The second-order valence-electron chi connectivity index (χ2n) is 6.54. The van der Waals surface area contributed by atoms with Gasteiger partial charge in [-0.1, -0.05) is 6.92 Å². The number of carbonyl (C=O) groups is 2. The Balaban J connectivity index is 1.40. The number of ether oxygens (including phenoxy) is 5. The molecule has 4 rings (SSSR count). The van der Waals surface area contributed by atoms with Gasteiger partial charge in [-0.2, -0.15) is 0 Å². The molecule has 1 aliphatic carbocycles. The highest BCUT2D eigenvalue weighted by Crippen LogP contribution is 2.47. The van der Waals surface area contributed by atoms with Crippen LogP contribution in [0.4, 0.5) is 0 Å². The molecule has 0 bridgehead atoms. The highest BCUT2D eigenvalue weighted by atomic mass is 16.6. The van der Waals surface area contributed by atoms with E-state index in [0.29, 0.717) is 19.6 Å². The molecule has 1 saturated carbocycles. The Hall–Kier alpha value is -1.18. The number of esters is 2. The summed E-state index contributed by atoms with van der Waals surface area (Å²) in [7, 11) is 0. The molecule has 7 unspecified atom stereocenters. The maximum absolute atomic E-state index is 12.4. The van der Waals surface area contributed by atoms with Gasteiger partial charge in [-0.05, 0) is 12.3 Å². The number of hydrogen-bond donors (Lipinski definition) is 0. The van der Waals surface area contributed by atoms with Gasteiger partial charge >= 0.3 is 11.9 Å². The first kappa shape index (κ1) is 14.4. The smallest absolute Gasteiger partial charge is 0.310 e. The van der Waals surface area contributed by atoms with E-state index in [4.69, 9.17) is 23.7 Å². The SMILES string of the molecule is CC1C2OC2CC(C(=O)OCC2CO2)C1C(=O)OCC1CO1. The largest absolute Gasteiger partial charge is 0.463 e. The summed E-state index contributed by atoms with van der Waals surface area (Å²) in [6.45, 7) is 3.72. The van der Waals surface area contributed by atoms with E-state index in [1.54, 1.807) is 0 Å². The first-order valence-electron chi connectivity index (χ1n) is 7.85. The van der Waals surface area contributed by atoms with E-state index in [1.165, 1.54) is 0 Å². The zero-order chi connectivity index (χ0) is 15.3. The van der Waals surface area contributed by atoms with Crippen molar-refractivity contribution in [1.82, 2.24) is 0 Å². The van der Waals surface area contributed by atoms with Crippen molar-refractivity contribution in [3.05, 3.63) is 0 Å². The summed E-state index contributed by atoms with van der Waals surface area (Å²) < 4.78 is 26.2. The van der Waals surface area contributed by atoms with Crippen molar-refractivity contribution < 1.29 is 33.3 Å². The van der Waals surface area contributed by atoms with Crippen molar-refractivity contribution >= 4 is 11.9 Å². The number of carbonyl (C=O) groups excluding carboxylic acids is 2. The number of rotatable bonds is 6. The quantitative estimate of drug-likeness (QED) is 0.500. The fraction of sp³-hybridized carbons (Fsp3) is 0.867. The van der Waals surface area contributed by atoms with Crippen LogP contribution in [0.2, 0.25) is 0 Å². The molecule has 122 valence electrons. The van der Waals surface area contributed by atoms with Gasteiger partial charge in [0.15, 0.2) is 0 Å². The molecule has 0 aromatic heterocycles. The molecule has 0 aromatic rings. The molecule has 0 spiro atoms. The predicted octanol–water partition coefficient (Wildman–Crippen LogP) is -0.0900. The zero-order valence-electron chi connectivity index (χ0n) is 12.4. The van der Waals surface area contributed by atoms with E-state index in [9.17, 15) is 9.59 Å². The molecule has 0 radical (unpaired) electrons. The van der Waals surface area contributed by atoms with Crippen LogP contribution in [0.25, 0.3) is 0 Å². The maximum atomic E-state index is 12.4. The van der Waals surface area contributed by atoms with E-state index < -0.39 is 11.8 Å². The lowest BCUT2D eigenvalue weighted by atomic mass is 9.72. The Morgan fingerprint density at radius 3 is 2.23 bits per heavy atom. The fourth-order valence-electron chi connectivity index (χ4n) is 3.28. The van der Waals surface area contributed by atoms with Crippen LogP contribution in [0, 0.1) is 17.8 Å². The third-order valence-electron chi connectivity index (χ3n) is 4.83. The van der Waals surface area contributed by atoms with Gasteiger partial charge in [0.25, 0.3) is 0 Å². The Bertz CT molecular complexity index is 471. The Morgan fingerprint density at radius 1 is 1.05 bits per heavy atom. The third-order valence-corrected chi connectivity index (χ3v) is 4.83. The number of fused-ring (bicyclic) bond motifs is 1. The van der Waals surface area contributed by atoms with E-state index in [0.717, 1.165) is 0 Å². The lowest BCUT2D eigenvalue weighted by Gasteiger charge is -2.30. The summed E-state index contributed by atoms with van der Waals surface area (Å²) in [5.74, 6) is -1.73. The van der Waals surface area contributed by atoms with E-state index >= 15 is 0 Å². The first-order valence-corrected chi connectivity index (χ1v) is 7.85. The molecule has 4 fully saturated rings. The average Bonchev–Trinajstić information content (AvgIpc) is 3.38. The van der Waals surface area contributed by atoms with Crippen LogP contribution in [0.1, 0.15) is 13.3 Å². The van der Waals surface area contributed by atoms with Crippen molar-refractivity contribution in [3.63, 3.8) is 0 Å². The predicted molar refractivity (Wildman–Crippen MR) is 70.8 cm³/mol. The standard InChI is InChI=1S/C15H20O7/c1-7-12(15(17)21-6-9-4-19-9)10(2-11-13(7)22-11)14(16)20-5-8-3-18-8/h7-13H,2-6H2,1H3. The lowest BCUT2D eigenvalue weighted by Crippen LogP contribution is -2.43. The van der Waals surface area contributed by atoms with Crippen molar-refractivity contribution in [3.8, 4) is 0 Å². The highest BCUT2D eigenvalue weighted by molar-refractivity contribution is 5.83. The molecule has 0 amide bonds. The van der Waals surface area contributed by atoms with Crippen LogP contribution in [0.5, 0.6) is 0 Å². The first-order chi connectivity index (χ1) is 10.6. The fourth-order valence-corrected chi connectivity index (χ4v) is 3.28. The van der Waals surface area contributed by atoms with E-state index in [1.807, 2.05) is 6.92 Å². The van der Waals surface area contributed by atoms with Crippen LogP contribution in [-0.2, 0) is 33.3 Å². The van der Waals surface area contributed by atoms with Crippen molar-refractivity contribution in [2.24, 2.45) is 17.8 Å². The average molecular weight is 312 g/mol. The van der Waals surface area contributed by atoms with Crippen LogP contribution in [0.15, 0.2) is 0 Å². The third kappa shape index (κ3) is 2.98. The minimum atomic E-state index is -0.505. The Kier molecular flexibility index (Phi) is 3.58. The summed E-state index contributed by atoms with van der Waals surface area (Å²) in [5, 5.41) is 0. The van der Waals surface area contributed by atoms with Crippen LogP contribution >= 0.6 is 0 Å². The molecule has 7 nitrogen and oxygen atoms in total. The number of epoxide rings is 3. The van der Waals surface area contributed by atoms with Crippen LogP contribution < -0.4 is 0 Å². The highest BCUT2D eigenvalue weighted by Gasteiger charge is 2.58. The van der Waals surface area contributed by atoms with Gasteiger partial charge < -0.3 is 23.7 Å². The molecule has 0 aromatic carbocycles. The molecule has 7 atom stereocenters. The summed E-state index contributed by atoms with van der Waals surface area (Å²) in [5.41, 5.74) is 0. The minimum absolute atomic E-state index is 0.0187. The monoisotopic (exact) mass is 312 g/mol.